The molecule has 33 heavy (non-hydrogen) atoms. The van der Waals surface area contributed by atoms with E-state index in [4.69, 9.17) is 34.8 Å². The molecule has 12 heteroatoms. The smallest absolute Gasteiger partial charge is 0.266 e. The van der Waals surface area contributed by atoms with E-state index >= 15 is 0 Å². The van der Waals surface area contributed by atoms with Gasteiger partial charge < -0.3 is 4.90 Å². The zero-order valence-corrected chi connectivity index (χ0v) is 21.3. The van der Waals surface area contributed by atoms with Crippen molar-refractivity contribution in [2.45, 2.75) is 23.9 Å². The Hall–Kier alpha value is -1.62. The van der Waals surface area contributed by atoms with E-state index in [-0.39, 0.29) is 16.9 Å². The zero-order chi connectivity index (χ0) is 23.8. The summed E-state index contributed by atoms with van der Waals surface area (Å²) in [7, 11) is -2.34. The Labute approximate surface area is 210 Å². The van der Waals surface area contributed by atoms with Gasteiger partial charge in [0, 0.05) is 54.2 Å². The molecule has 0 amide bonds. The van der Waals surface area contributed by atoms with Gasteiger partial charge in [0.25, 0.3) is 10.0 Å². The molecule has 1 N–H and O–H groups in total. The highest BCUT2D eigenvalue weighted by Crippen LogP contribution is 2.34. The third-order valence-corrected chi connectivity index (χ3v) is 8.40. The number of halogens is 4. The molecule has 0 bridgehead atoms. The number of likely N-dealkylation sites (tertiary alicyclic amines) is 1. The lowest BCUT2D eigenvalue weighted by Crippen LogP contribution is -2.34. The monoisotopic (exact) mass is 548 g/mol. The fourth-order valence-corrected chi connectivity index (χ4v) is 6.20. The second kappa shape index (κ2) is 9.93. The Morgan fingerprint density at radius 1 is 1.24 bits per heavy atom. The van der Waals surface area contributed by atoms with E-state index < -0.39 is 20.7 Å². The summed E-state index contributed by atoms with van der Waals surface area (Å²) in [5.74, 6) is -0.757. The van der Waals surface area contributed by atoms with Gasteiger partial charge in [0.05, 0.1) is 16.2 Å². The molecule has 1 aliphatic rings. The first kappa shape index (κ1) is 24.5. The summed E-state index contributed by atoms with van der Waals surface area (Å²) < 4.78 is 42.3. The van der Waals surface area contributed by atoms with Crippen molar-refractivity contribution in [2.75, 3.05) is 29.8 Å². The molecule has 0 saturated carbocycles. The molecule has 6 nitrogen and oxygen atoms in total. The average molecular weight is 550 g/mol. The van der Waals surface area contributed by atoms with Gasteiger partial charge in [-0.3, -0.25) is 9.62 Å². The van der Waals surface area contributed by atoms with Crippen LogP contribution in [0.25, 0.3) is 0 Å². The van der Waals surface area contributed by atoms with Crippen molar-refractivity contribution in [2.24, 2.45) is 0 Å². The number of hydrogen-bond donors (Lipinski definition) is 1. The molecule has 4 rings (SSSR count). The summed E-state index contributed by atoms with van der Waals surface area (Å²) >= 11 is 20.0. The van der Waals surface area contributed by atoms with Gasteiger partial charge >= 0.3 is 0 Å². The van der Waals surface area contributed by atoms with E-state index in [9.17, 15) is 12.8 Å². The van der Waals surface area contributed by atoms with Crippen LogP contribution in [-0.4, -0.2) is 44.5 Å². The van der Waals surface area contributed by atoms with E-state index in [0.717, 1.165) is 30.7 Å². The molecule has 2 heterocycles. The van der Waals surface area contributed by atoms with Gasteiger partial charge in [0.15, 0.2) is 5.82 Å². The lowest BCUT2D eigenvalue weighted by molar-refractivity contribution is 0.326. The minimum absolute atomic E-state index is 0.0652. The fourth-order valence-electron chi connectivity index (χ4n) is 3.82. The van der Waals surface area contributed by atoms with E-state index in [2.05, 4.69) is 14.6 Å². The molecular formula is C21H20Cl3FN4O2S2. The van der Waals surface area contributed by atoms with E-state index in [0.29, 0.717) is 28.8 Å². The second-order valence-electron chi connectivity index (χ2n) is 7.74. The maximum Gasteiger partial charge on any atom is 0.266 e. The van der Waals surface area contributed by atoms with E-state index in [1.54, 1.807) is 12.1 Å². The maximum absolute atomic E-state index is 14.9. The molecule has 0 unspecified atom stereocenters. The van der Waals surface area contributed by atoms with E-state index in [1.165, 1.54) is 22.2 Å². The maximum atomic E-state index is 14.9. The number of benzene rings is 2. The van der Waals surface area contributed by atoms with Crippen molar-refractivity contribution in [1.82, 2.24) is 9.88 Å². The van der Waals surface area contributed by atoms with Gasteiger partial charge in [-0.25, -0.2) is 17.8 Å². The average Bonchev–Trinajstić information content (AvgIpc) is 3.43. The molecule has 0 aliphatic carbocycles. The highest BCUT2D eigenvalue weighted by molar-refractivity contribution is 7.92. The Morgan fingerprint density at radius 3 is 2.76 bits per heavy atom. The summed E-state index contributed by atoms with van der Waals surface area (Å²) in [4.78, 5) is 7.46. The molecule has 0 radical (unpaired) electrons. The number of hydrogen-bond acceptors (Lipinski definition) is 6. The number of nitrogens with one attached hydrogen (secondary N) is 1. The third kappa shape index (κ3) is 5.55. The topological polar surface area (TPSA) is 65.5 Å². The highest BCUT2D eigenvalue weighted by atomic mass is 35.5. The van der Waals surface area contributed by atoms with Gasteiger partial charge in [0.1, 0.15) is 10.7 Å². The Kier molecular flexibility index (Phi) is 7.38. The number of rotatable bonds is 7. The van der Waals surface area contributed by atoms with Crippen LogP contribution in [0.4, 0.5) is 15.9 Å². The standard InChI is InChI=1S/C21H20Cl3FN4O2S2/c1-28(15-4-5-29(10-15)9-13-6-14(22)2-3-16(13)23)19-8-18(25)20(7-17(19)24)33(30,31)27-21-11-32-12-26-21/h2-3,6-8,11-12,15,27H,4-5,9-10H2,1H3/t15-/m0/s1. The van der Waals surface area contributed by atoms with Crippen LogP contribution in [0.3, 0.4) is 0 Å². The summed E-state index contributed by atoms with van der Waals surface area (Å²) in [5.41, 5.74) is 2.85. The first-order valence-corrected chi connectivity index (χ1v) is 13.5. The molecule has 1 atom stereocenters. The van der Waals surface area contributed by atoms with Gasteiger partial charge in [0.2, 0.25) is 0 Å². The number of thiazole rings is 1. The van der Waals surface area contributed by atoms with Gasteiger partial charge in [-0.1, -0.05) is 34.8 Å². The van der Waals surface area contributed by atoms with Crippen LogP contribution in [-0.2, 0) is 16.6 Å². The van der Waals surface area contributed by atoms with Gasteiger partial charge in [-0.15, -0.1) is 11.3 Å². The van der Waals surface area contributed by atoms with Gasteiger partial charge in [-0.2, -0.15) is 0 Å². The lowest BCUT2D eigenvalue weighted by Gasteiger charge is -2.28. The Bertz CT molecular complexity index is 1260. The largest absolute Gasteiger partial charge is 0.369 e. The molecule has 3 aromatic rings. The minimum Gasteiger partial charge on any atom is -0.369 e. The number of anilines is 2. The molecule has 1 aliphatic heterocycles. The van der Waals surface area contributed by atoms with Crippen molar-refractivity contribution in [3.05, 3.63) is 67.7 Å². The predicted octanol–water partition coefficient (Wildman–Crippen LogP) is 5.75. The van der Waals surface area contributed by atoms with Crippen molar-refractivity contribution < 1.29 is 12.8 Å². The third-order valence-electron chi connectivity index (χ3n) is 5.54. The van der Waals surface area contributed by atoms with Crippen LogP contribution in [0.5, 0.6) is 0 Å². The number of nitrogens with zero attached hydrogens (tertiary/aromatic N) is 3. The van der Waals surface area contributed by atoms with Crippen molar-refractivity contribution in [3.8, 4) is 0 Å². The van der Waals surface area contributed by atoms with E-state index in [1.807, 2.05) is 18.0 Å². The molecule has 1 aromatic heterocycles. The van der Waals surface area contributed by atoms with Crippen molar-refractivity contribution in [3.63, 3.8) is 0 Å². The SMILES string of the molecule is CN(c1cc(F)c(S(=O)(=O)Nc2cscn2)cc1Cl)[C@H]1CCN(Cc2cc(Cl)ccc2Cl)C1. The van der Waals surface area contributed by atoms with Crippen LogP contribution in [0.2, 0.25) is 15.1 Å². The Balaban J connectivity index is 1.49. The summed E-state index contributed by atoms with van der Waals surface area (Å²) in [6.45, 7) is 2.18. The quantitative estimate of drug-likeness (QED) is 0.406. The normalized spacial score (nSPS) is 16.8. The zero-order valence-electron chi connectivity index (χ0n) is 17.4. The summed E-state index contributed by atoms with van der Waals surface area (Å²) in [6, 6.07) is 7.74. The molecule has 1 saturated heterocycles. The minimum atomic E-state index is -4.16. The first-order valence-electron chi connectivity index (χ1n) is 9.93. The number of sulfonamides is 1. The molecule has 2 aromatic carbocycles. The highest BCUT2D eigenvalue weighted by Gasteiger charge is 2.29. The molecule has 176 valence electrons. The van der Waals surface area contributed by atoms with Crippen LogP contribution in [0.15, 0.2) is 46.1 Å². The summed E-state index contributed by atoms with van der Waals surface area (Å²) in [6.07, 6.45) is 0.831. The van der Waals surface area contributed by atoms with Crippen molar-refractivity contribution in [1.29, 1.82) is 0 Å². The van der Waals surface area contributed by atoms with Crippen molar-refractivity contribution >= 4 is 67.7 Å². The van der Waals surface area contributed by atoms with Crippen LogP contribution in [0.1, 0.15) is 12.0 Å². The Morgan fingerprint density at radius 2 is 2.03 bits per heavy atom. The molecular weight excluding hydrogens is 530 g/mol. The molecule has 0 spiro atoms. The van der Waals surface area contributed by atoms with Gasteiger partial charge in [-0.05, 0) is 36.2 Å². The number of likely N-dealkylation sites (N-methyl/N-ethyl adjacent to an activating group) is 1. The lowest BCUT2D eigenvalue weighted by atomic mass is 10.2. The second-order valence-corrected chi connectivity index (χ2v) is 11.4. The predicted molar refractivity (Wildman–Crippen MR) is 133 cm³/mol. The van der Waals surface area contributed by atoms with Crippen LogP contribution >= 0.6 is 46.1 Å². The fraction of sp³-hybridized carbons (Fsp3) is 0.286. The first-order chi connectivity index (χ1) is 15.6. The van der Waals surface area contributed by atoms with Crippen LogP contribution in [0, 0.1) is 5.82 Å². The van der Waals surface area contributed by atoms with Crippen LogP contribution < -0.4 is 9.62 Å². The summed E-state index contributed by atoms with van der Waals surface area (Å²) in [5, 5.41) is 2.95. The number of aromatic nitrogens is 1. The molecule has 1 fully saturated rings.